The third-order valence-electron chi connectivity index (χ3n) is 0.858. The van der Waals surface area contributed by atoms with Gasteiger partial charge in [0.1, 0.15) is 0 Å². The first kappa shape index (κ1) is 7.88. The van der Waals surface area contributed by atoms with Gasteiger partial charge in [-0.25, -0.2) is 0 Å². The number of imide groups is 1. The Morgan fingerprint density at radius 2 is 2.33 bits per heavy atom. The van der Waals surface area contributed by atoms with Crippen molar-refractivity contribution in [3.8, 4) is 0 Å². The van der Waals surface area contributed by atoms with E-state index in [2.05, 4.69) is 6.58 Å². The lowest BCUT2D eigenvalue weighted by atomic mass is 10.5. The van der Waals surface area contributed by atoms with Gasteiger partial charge in [-0.3, -0.25) is 14.5 Å². The Morgan fingerprint density at radius 1 is 1.78 bits per heavy atom. The molecular formula is C6H9NO2. The molecule has 0 fully saturated rings. The van der Waals surface area contributed by atoms with Crippen molar-refractivity contribution in [2.75, 3.05) is 6.54 Å². The Hall–Kier alpha value is -1.12. The van der Waals surface area contributed by atoms with Crippen molar-refractivity contribution >= 4 is 12.3 Å². The van der Waals surface area contributed by atoms with Gasteiger partial charge in [0.05, 0.1) is 0 Å². The van der Waals surface area contributed by atoms with E-state index in [9.17, 15) is 9.59 Å². The van der Waals surface area contributed by atoms with Gasteiger partial charge < -0.3 is 0 Å². The minimum Gasteiger partial charge on any atom is -0.282 e. The van der Waals surface area contributed by atoms with Crippen LogP contribution in [0.4, 0.5) is 0 Å². The van der Waals surface area contributed by atoms with Gasteiger partial charge in [-0.1, -0.05) is 6.08 Å². The first-order chi connectivity index (χ1) is 4.22. The van der Waals surface area contributed by atoms with Crippen molar-refractivity contribution in [1.82, 2.24) is 4.90 Å². The third kappa shape index (κ3) is 2.64. The minimum absolute atomic E-state index is 0.259. The summed E-state index contributed by atoms with van der Waals surface area (Å²) in [4.78, 5) is 21.4. The second-order valence-electron chi connectivity index (χ2n) is 1.57. The Balaban J connectivity index is 3.81. The molecule has 0 rings (SSSR count). The quantitative estimate of drug-likeness (QED) is 0.400. The fourth-order valence-corrected chi connectivity index (χ4v) is 0.385. The average molecular weight is 127 g/mol. The molecule has 2 amide bonds. The molecule has 3 heteroatoms. The lowest BCUT2D eigenvalue weighted by molar-refractivity contribution is -0.135. The smallest absolute Gasteiger partial charge is 0.226 e. The summed E-state index contributed by atoms with van der Waals surface area (Å²) in [6, 6.07) is 0. The average Bonchev–Trinajstić information content (AvgIpc) is 1.82. The molecule has 0 spiro atoms. The van der Waals surface area contributed by atoms with Crippen molar-refractivity contribution in [3.05, 3.63) is 12.7 Å². The maximum atomic E-state index is 10.4. The SMILES string of the molecule is C=CCN(C=O)C(C)=O. The standard InChI is InChI=1S/C6H9NO2/c1-3-4-7(5-8)6(2)9/h3,5H,1,4H2,2H3. The molecule has 0 atom stereocenters. The summed E-state index contributed by atoms with van der Waals surface area (Å²) in [6.07, 6.45) is 1.99. The van der Waals surface area contributed by atoms with E-state index >= 15 is 0 Å². The number of amides is 2. The van der Waals surface area contributed by atoms with Crippen LogP contribution in [-0.2, 0) is 9.59 Å². The molecule has 9 heavy (non-hydrogen) atoms. The van der Waals surface area contributed by atoms with E-state index in [1.165, 1.54) is 13.0 Å². The zero-order chi connectivity index (χ0) is 7.28. The summed E-state index contributed by atoms with van der Waals surface area (Å²) in [5.41, 5.74) is 0. The summed E-state index contributed by atoms with van der Waals surface area (Å²) in [5, 5.41) is 0. The van der Waals surface area contributed by atoms with Gasteiger partial charge in [-0.15, -0.1) is 6.58 Å². The Labute approximate surface area is 54.0 Å². The van der Waals surface area contributed by atoms with E-state index in [1.54, 1.807) is 0 Å². The van der Waals surface area contributed by atoms with Gasteiger partial charge in [0.25, 0.3) is 0 Å². The number of rotatable bonds is 3. The van der Waals surface area contributed by atoms with Crippen LogP contribution in [0.5, 0.6) is 0 Å². The van der Waals surface area contributed by atoms with Crippen LogP contribution in [0.25, 0.3) is 0 Å². The van der Waals surface area contributed by atoms with Crippen molar-refractivity contribution in [3.63, 3.8) is 0 Å². The summed E-state index contributed by atoms with van der Waals surface area (Å²) < 4.78 is 0. The lowest BCUT2D eigenvalue weighted by Gasteiger charge is -2.07. The lowest BCUT2D eigenvalue weighted by Crippen LogP contribution is -2.26. The van der Waals surface area contributed by atoms with E-state index < -0.39 is 0 Å². The predicted octanol–water partition coefficient (Wildman–Crippen LogP) is 0.177. The van der Waals surface area contributed by atoms with E-state index in [-0.39, 0.29) is 5.91 Å². The van der Waals surface area contributed by atoms with E-state index in [1.807, 2.05) is 0 Å². The van der Waals surface area contributed by atoms with Crippen LogP contribution >= 0.6 is 0 Å². The molecule has 0 aliphatic carbocycles. The molecule has 0 aromatic heterocycles. The molecule has 0 aliphatic heterocycles. The molecule has 0 saturated heterocycles. The molecule has 50 valence electrons. The molecule has 0 bridgehead atoms. The fourth-order valence-electron chi connectivity index (χ4n) is 0.385. The summed E-state index contributed by atoms with van der Waals surface area (Å²) >= 11 is 0. The maximum absolute atomic E-state index is 10.4. The largest absolute Gasteiger partial charge is 0.282 e. The van der Waals surface area contributed by atoms with Crippen molar-refractivity contribution < 1.29 is 9.59 Å². The molecule has 0 radical (unpaired) electrons. The number of hydrogen-bond acceptors (Lipinski definition) is 2. The number of carbonyl (C=O) groups is 2. The van der Waals surface area contributed by atoms with Crippen LogP contribution in [0.15, 0.2) is 12.7 Å². The highest BCUT2D eigenvalue weighted by molar-refractivity contribution is 5.84. The highest BCUT2D eigenvalue weighted by Gasteiger charge is 2.01. The molecule has 0 saturated carbocycles. The summed E-state index contributed by atoms with van der Waals surface area (Å²) in [7, 11) is 0. The number of hydrogen-bond donors (Lipinski definition) is 0. The van der Waals surface area contributed by atoms with Gasteiger partial charge in [0.2, 0.25) is 12.3 Å². The molecule has 0 heterocycles. The first-order valence-electron chi connectivity index (χ1n) is 2.55. The number of carbonyl (C=O) groups excluding carboxylic acids is 2. The molecule has 0 aromatic carbocycles. The predicted molar refractivity (Wildman–Crippen MR) is 33.6 cm³/mol. The van der Waals surface area contributed by atoms with Gasteiger partial charge >= 0.3 is 0 Å². The highest BCUT2D eigenvalue weighted by atomic mass is 16.2. The van der Waals surface area contributed by atoms with Crippen LogP contribution in [0.3, 0.4) is 0 Å². The van der Waals surface area contributed by atoms with Gasteiger partial charge in [-0.05, 0) is 0 Å². The maximum Gasteiger partial charge on any atom is 0.226 e. The van der Waals surface area contributed by atoms with Crippen molar-refractivity contribution in [1.29, 1.82) is 0 Å². The third-order valence-corrected chi connectivity index (χ3v) is 0.858. The van der Waals surface area contributed by atoms with Crippen LogP contribution in [0.2, 0.25) is 0 Å². The molecule has 0 aliphatic rings. The van der Waals surface area contributed by atoms with Crippen LogP contribution in [0.1, 0.15) is 6.92 Å². The Bertz CT molecular complexity index is 131. The molecule has 3 nitrogen and oxygen atoms in total. The Morgan fingerprint density at radius 3 is 2.44 bits per heavy atom. The molecular weight excluding hydrogens is 118 g/mol. The first-order valence-corrected chi connectivity index (χ1v) is 2.55. The zero-order valence-electron chi connectivity index (χ0n) is 5.33. The monoisotopic (exact) mass is 127 g/mol. The second-order valence-corrected chi connectivity index (χ2v) is 1.57. The van der Waals surface area contributed by atoms with Gasteiger partial charge in [0.15, 0.2) is 0 Å². The fraction of sp³-hybridized carbons (Fsp3) is 0.333. The van der Waals surface area contributed by atoms with Crippen LogP contribution in [0, 0.1) is 0 Å². The van der Waals surface area contributed by atoms with E-state index in [0.717, 1.165) is 4.90 Å². The molecule has 0 N–H and O–H groups in total. The van der Waals surface area contributed by atoms with Crippen LogP contribution in [-0.4, -0.2) is 23.8 Å². The Kier molecular flexibility index (Phi) is 3.35. The van der Waals surface area contributed by atoms with Crippen molar-refractivity contribution in [2.45, 2.75) is 6.92 Å². The van der Waals surface area contributed by atoms with E-state index in [0.29, 0.717) is 13.0 Å². The minimum atomic E-state index is -0.259. The summed E-state index contributed by atoms with van der Waals surface area (Å²) in [6.45, 7) is 5.00. The second kappa shape index (κ2) is 3.83. The number of nitrogens with zero attached hydrogens (tertiary/aromatic N) is 1. The topological polar surface area (TPSA) is 37.4 Å². The van der Waals surface area contributed by atoms with Gasteiger partial charge in [-0.2, -0.15) is 0 Å². The van der Waals surface area contributed by atoms with E-state index in [4.69, 9.17) is 0 Å². The van der Waals surface area contributed by atoms with Gasteiger partial charge in [0, 0.05) is 13.5 Å². The molecule has 0 aromatic rings. The highest BCUT2D eigenvalue weighted by Crippen LogP contribution is 1.82. The normalized spacial score (nSPS) is 8.11. The van der Waals surface area contributed by atoms with Crippen molar-refractivity contribution in [2.24, 2.45) is 0 Å². The van der Waals surface area contributed by atoms with Crippen LogP contribution < -0.4 is 0 Å². The summed E-state index contributed by atoms with van der Waals surface area (Å²) in [5.74, 6) is -0.259. The molecule has 0 unspecified atom stereocenters. The zero-order valence-corrected chi connectivity index (χ0v) is 5.33.